The maximum Gasteiger partial charge on any atom is 0.321 e. The first-order chi connectivity index (χ1) is 14.9. The lowest BCUT2D eigenvalue weighted by molar-refractivity contribution is -0.150. The average Bonchev–Trinajstić information content (AvgIpc) is 3.20. The average molecular weight is 442 g/mol. The van der Waals surface area contributed by atoms with E-state index in [4.69, 9.17) is 4.74 Å². The third kappa shape index (κ3) is 3.95. The summed E-state index contributed by atoms with van der Waals surface area (Å²) < 4.78 is 7.91. The van der Waals surface area contributed by atoms with Crippen LogP contribution >= 0.6 is 11.3 Å². The normalized spacial score (nSPS) is 16.8. The number of anilines is 1. The van der Waals surface area contributed by atoms with Gasteiger partial charge >= 0.3 is 5.97 Å². The topological polar surface area (TPSA) is 89.3 Å². The molecule has 1 aromatic carbocycles. The van der Waals surface area contributed by atoms with Crippen LogP contribution in [-0.4, -0.2) is 58.6 Å². The molecule has 0 saturated heterocycles. The molecule has 8 nitrogen and oxygen atoms in total. The molecule has 2 heterocycles. The van der Waals surface area contributed by atoms with Crippen LogP contribution in [0.25, 0.3) is 10.2 Å². The molecule has 1 amide bonds. The van der Waals surface area contributed by atoms with Crippen LogP contribution in [0.1, 0.15) is 37.8 Å². The van der Waals surface area contributed by atoms with E-state index in [-0.39, 0.29) is 18.0 Å². The zero-order chi connectivity index (χ0) is 22.2. The summed E-state index contributed by atoms with van der Waals surface area (Å²) >= 11 is 1.41. The molecule has 2 unspecified atom stereocenters. The second-order valence-corrected chi connectivity index (χ2v) is 9.20. The van der Waals surface area contributed by atoms with Crippen molar-refractivity contribution in [2.24, 2.45) is 5.41 Å². The van der Waals surface area contributed by atoms with Gasteiger partial charge in [-0.2, -0.15) is 0 Å². The van der Waals surface area contributed by atoms with Crippen molar-refractivity contribution in [1.82, 2.24) is 19.4 Å². The summed E-state index contributed by atoms with van der Waals surface area (Å²) in [6, 6.07) is 6.58. The van der Waals surface area contributed by atoms with Crippen LogP contribution < -0.4 is 5.32 Å². The van der Waals surface area contributed by atoms with Crippen molar-refractivity contribution in [3.63, 3.8) is 0 Å². The van der Waals surface area contributed by atoms with Crippen molar-refractivity contribution < 1.29 is 14.3 Å². The third-order valence-corrected chi connectivity index (χ3v) is 6.96. The Hall–Kier alpha value is -2.78. The number of amides is 1. The van der Waals surface area contributed by atoms with Gasteiger partial charge in [0.2, 0.25) is 5.91 Å². The molecule has 1 fully saturated rings. The summed E-state index contributed by atoms with van der Waals surface area (Å²) in [5, 5.41) is 3.31. The molecular formula is C22H27N5O3S. The standard InChI is InChI=1S/C22H27N5O3S/c1-5-16(26(2)3)18(27-11-10-23-13-27)14-6-7-15-17(12-14)31-21(24-15)25-19(28)22(8-9-22)20(29)30-4/h6-7,10-13,16,18H,5,8-9H2,1-4H3,(H,24,25,28). The van der Waals surface area contributed by atoms with Gasteiger partial charge in [0.1, 0.15) is 5.41 Å². The first kappa shape index (κ1) is 21.5. The molecule has 0 radical (unpaired) electrons. The minimum absolute atomic E-state index is 0.0982. The van der Waals surface area contributed by atoms with E-state index < -0.39 is 11.4 Å². The highest BCUT2D eigenvalue weighted by molar-refractivity contribution is 7.22. The van der Waals surface area contributed by atoms with Crippen molar-refractivity contribution in [3.05, 3.63) is 42.5 Å². The molecule has 1 N–H and O–H groups in total. The lowest BCUT2D eigenvalue weighted by Crippen LogP contribution is -2.36. The summed E-state index contributed by atoms with van der Waals surface area (Å²) in [5.41, 5.74) is 0.916. The second kappa shape index (κ2) is 8.39. The number of nitrogens with zero attached hydrogens (tertiary/aromatic N) is 4. The van der Waals surface area contributed by atoms with E-state index in [2.05, 4.69) is 57.9 Å². The summed E-state index contributed by atoms with van der Waals surface area (Å²) in [5.74, 6) is -0.820. The van der Waals surface area contributed by atoms with Crippen LogP contribution in [0.2, 0.25) is 0 Å². The number of benzene rings is 1. The van der Waals surface area contributed by atoms with Gasteiger partial charge in [-0.25, -0.2) is 9.97 Å². The Bertz CT molecular complexity index is 1090. The largest absolute Gasteiger partial charge is 0.468 e. The van der Waals surface area contributed by atoms with Gasteiger partial charge in [0.15, 0.2) is 5.13 Å². The molecule has 1 aliphatic carbocycles. The predicted octanol–water partition coefficient (Wildman–Crippen LogP) is 3.31. The van der Waals surface area contributed by atoms with Crippen molar-refractivity contribution >= 4 is 38.6 Å². The van der Waals surface area contributed by atoms with E-state index >= 15 is 0 Å². The van der Waals surface area contributed by atoms with Crippen LogP contribution in [0.3, 0.4) is 0 Å². The number of ether oxygens (including phenoxy) is 1. The molecule has 164 valence electrons. The number of likely N-dealkylation sites (N-methyl/N-ethyl adjacent to an activating group) is 1. The van der Waals surface area contributed by atoms with E-state index in [0.29, 0.717) is 18.0 Å². The van der Waals surface area contributed by atoms with Gasteiger partial charge < -0.3 is 19.5 Å². The van der Waals surface area contributed by atoms with E-state index in [9.17, 15) is 9.59 Å². The fourth-order valence-electron chi connectivity index (χ4n) is 4.14. The number of nitrogens with one attached hydrogen (secondary N) is 1. The number of aromatic nitrogens is 3. The highest BCUT2D eigenvalue weighted by Crippen LogP contribution is 2.48. The highest BCUT2D eigenvalue weighted by Gasteiger charge is 2.58. The minimum atomic E-state index is -1.05. The first-order valence-electron chi connectivity index (χ1n) is 10.3. The highest BCUT2D eigenvalue weighted by atomic mass is 32.1. The van der Waals surface area contributed by atoms with E-state index in [1.807, 2.05) is 18.6 Å². The van der Waals surface area contributed by atoms with Crippen LogP contribution in [-0.2, 0) is 14.3 Å². The van der Waals surface area contributed by atoms with E-state index in [1.54, 1.807) is 6.20 Å². The zero-order valence-corrected chi connectivity index (χ0v) is 19.0. The van der Waals surface area contributed by atoms with Crippen LogP contribution in [0.15, 0.2) is 36.9 Å². The van der Waals surface area contributed by atoms with Gasteiger partial charge in [-0.05, 0) is 51.1 Å². The smallest absolute Gasteiger partial charge is 0.321 e. The molecule has 31 heavy (non-hydrogen) atoms. The molecule has 0 spiro atoms. The number of esters is 1. The number of rotatable bonds is 8. The van der Waals surface area contributed by atoms with Crippen LogP contribution in [0.4, 0.5) is 5.13 Å². The van der Waals surface area contributed by atoms with Gasteiger partial charge in [0.25, 0.3) is 0 Å². The van der Waals surface area contributed by atoms with Crippen molar-refractivity contribution in [1.29, 1.82) is 0 Å². The number of methoxy groups -OCH3 is 1. The molecule has 1 aliphatic rings. The number of carbonyl (C=O) groups excluding carboxylic acids is 2. The Balaban J connectivity index is 1.64. The molecule has 3 aromatic rings. The number of carbonyl (C=O) groups is 2. The summed E-state index contributed by atoms with van der Waals surface area (Å²) in [6.07, 6.45) is 7.63. The molecule has 1 saturated carbocycles. The Morgan fingerprint density at radius 1 is 1.35 bits per heavy atom. The lowest BCUT2D eigenvalue weighted by Gasteiger charge is -2.33. The van der Waals surface area contributed by atoms with Gasteiger partial charge in [0, 0.05) is 18.4 Å². The van der Waals surface area contributed by atoms with Gasteiger partial charge in [-0.3, -0.25) is 9.59 Å². The van der Waals surface area contributed by atoms with Gasteiger partial charge in [-0.15, -0.1) is 0 Å². The Kier molecular flexibility index (Phi) is 5.81. The SMILES string of the molecule is CCC(C(c1ccc2nc(NC(=O)C3(C(=O)OC)CC3)sc2c1)n1ccnc1)N(C)C. The van der Waals surface area contributed by atoms with Crippen molar-refractivity contribution in [3.8, 4) is 0 Å². The number of hydrogen-bond acceptors (Lipinski definition) is 7. The van der Waals surface area contributed by atoms with Crippen molar-refractivity contribution in [2.75, 3.05) is 26.5 Å². The number of hydrogen-bond donors (Lipinski definition) is 1. The number of fused-ring (bicyclic) bond motifs is 1. The van der Waals surface area contributed by atoms with Gasteiger partial charge in [-0.1, -0.05) is 24.3 Å². The molecule has 0 bridgehead atoms. The molecule has 0 aliphatic heterocycles. The van der Waals surface area contributed by atoms with E-state index in [0.717, 1.165) is 22.2 Å². The summed E-state index contributed by atoms with van der Waals surface area (Å²) in [7, 11) is 5.49. The molecule has 9 heteroatoms. The van der Waals surface area contributed by atoms with Crippen LogP contribution in [0, 0.1) is 5.41 Å². The maximum atomic E-state index is 12.6. The first-order valence-corrected chi connectivity index (χ1v) is 11.2. The third-order valence-electron chi connectivity index (χ3n) is 6.03. The molecular weight excluding hydrogens is 414 g/mol. The maximum absolute atomic E-state index is 12.6. The Morgan fingerprint density at radius 3 is 2.71 bits per heavy atom. The van der Waals surface area contributed by atoms with Crippen LogP contribution in [0.5, 0.6) is 0 Å². The number of imidazole rings is 1. The minimum Gasteiger partial charge on any atom is -0.468 e. The second-order valence-electron chi connectivity index (χ2n) is 8.17. The molecule has 2 aromatic heterocycles. The predicted molar refractivity (Wildman–Crippen MR) is 120 cm³/mol. The fraction of sp³-hybridized carbons (Fsp3) is 0.455. The zero-order valence-electron chi connectivity index (χ0n) is 18.2. The fourth-order valence-corrected chi connectivity index (χ4v) is 5.05. The molecule has 4 rings (SSSR count). The lowest BCUT2D eigenvalue weighted by atomic mass is 9.96. The van der Waals surface area contributed by atoms with Crippen molar-refractivity contribution in [2.45, 2.75) is 38.3 Å². The Labute approximate surface area is 185 Å². The Morgan fingerprint density at radius 2 is 2.13 bits per heavy atom. The van der Waals surface area contributed by atoms with E-state index in [1.165, 1.54) is 18.4 Å². The number of thiazole rings is 1. The quantitative estimate of drug-likeness (QED) is 0.426. The summed E-state index contributed by atoms with van der Waals surface area (Å²) in [4.78, 5) is 35.6. The van der Waals surface area contributed by atoms with Gasteiger partial charge in [0.05, 0.1) is 29.7 Å². The monoisotopic (exact) mass is 441 g/mol. The summed E-state index contributed by atoms with van der Waals surface area (Å²) in [6.45, 7) is 2.18. The molecule has 2 atom stereocenters.